The lowest BCUT2D eigenvalue weighted by Crippen LogP contribution is -2.15. The van der Waals surface area contributed by atoms with Crippen LogP contribution in [0.2, 0.25) is 5.02 Å². The van der Waals surface area contributed by atoms with Crippen molar-refractivity contribution in [1.29, 1.82) is 0 Å². The SMILES string of the molecule is COC(C)C(O)c1cc2cccc(Cl)c2o1. The zero-order chi connectivity index (χ0) is 11.7. The average Bonchev–Trinajstić information content (AvgIpc) is 2.72. The highest BCUT2D eigenvalue weighted by Crippen LogP contribution is 2.30. The van der Waals surface area contributed by atoms with Crippen LogP contribution < -0.4 is 0 Å². The average molecular weight is 241 g/mol. The van der Waals surface area contributed by atoms with E-state index in [1.807, 2.05) is 12.1 Å². The van der Waals surface area contributed by atoms with Crippen molar-refractivity contribution in [3.8, 4) is 0 Å². The van der Waals surface area contributed by atoms with E-state index in [1.54, 1.807) is 26.2 Å². The van der Waals surface area contributed by atoms with Crippen molar-refractivity contribution in [2.45, 2.75) is 19.1 Å². The minimum Gasteiger partial charge on any atom is -0.457 e. The molecule has 0 bridgehead atoms. The Morgan fingerprint density at radius 2 is 2.19 bits per heavy atom. The fourth-order valence-electron chi connectivity index (χ4n) is 1.55. The Hall–Kier alpha value is -1.03. The molecule has 0 aliphatic heterocycles. The summed E-state index contributed by atoms with van der Waals surface area (Å²) in [7, 11) is 1.55. The summed E-state index contributed by atoms with van der Waals surface area (Å²) in [6, 6.07) is 7.26. The van der Waals surface area contributed by atoms with Crippen molar-refractivity contribution >= 4 is 22.6 Å². The summed E-state index contributed by atoms with van der Waals surface area (Å²) in [5, 5.41) is 11.3. The largest absolute Gasteiger partial charge is 0.457 e. The van der Waals surface area contributed by atoms with Crippen molar-refractivity contribution in [1.82, 2.24) is 0 Å². The lowest BCUT2D eigenvalue weighted by Gasteiger charge is -2.14. The smallest absolute Gasteiger partial charge is 0.152 e. The lowest BCUT2D eigenvalue weighted by atomic mass is 10.1. The molecule has 2 rings (SSSR count). The van der Waals surface area contributed by atoms with E-state index in [2.05, 4.69) is 0 Å². The fraction of sp³-hybridized carbons (Fsp3) is 0.333. The van der Waals surface area contributed by atoms with Crippen LogP contribution in [0.15, 0.2) is 28.7 Å². The minimum absolute atomic E-state index is 0.320. The first-order chi connectivity index (χ1) is 7.63. The maximum absolute atomic E-state index is 9.92. The van der Waals surface area contributed by atoms with Gasteiger partial charge in [0.05, 0.1) is 11.1 Å². The number of halogens is 1. The van der Waals surface area contributed by atoms with E-state index < -0.39 is 6.10 Å². The van der Waals surface area contributed by atoms with E-state index >= 15 is 0 Å². The number of aliphatic hydroxyl groups is 1. The molecule has 1 aromatic carbocycles. The van der Waals surface area contributed by atoms with Gasteiger partial charge in [-0.1, -0.05) is 23.7 Å². The highest BCUT2D eigenvalue weighted by Gasteiger charge is 2.20. The topological polar surface area (TPSA) is 42.6 Å². The monoisotopic (exact) mass is 240 g/mol. The van der Waals surface area contributed by atoms with E-state index in [0.29, 0.717) is 16.4 Å². The number of aliphatic hydroxyl groups excluding tert-OH is 1. The highest BCUT2D eigenvalue weighted by atomic mass is 35.5. The molecule has 2 atom stereocenters. The third kappa shape index (κ3) is 1.94. The Labute approximate surface area is 98.6 Å². The van der Waals surface area contributed by atoms with Gasteiger partial charge in [0.1, 0.15) is 11.9 Å². The van der Waals surface area contributed by atoms with Crippen LogP contribution in [0.5, 0.6) is 0 Å². The molecule has 1 heterocycles. The van der Waals surface area contributed by atoms with E-state index in [-0.39, 0.29) is 6.10 Å². The summed E-state index contributed by atoms with van der Waals surface area (Å²) in [5.74, 6) is 0.470. The Kier molecular flexibility index (Phi) is 3.19. The van der Waals surface area contributed by atoms with E-state index in [0.717, 1.165) is 5.39 Å². The van der Waals surface area contributed by atoms with Crippen LogP contribution in [-0.2, 0) is 4.74 Å². The molecule has 0 fully saturated rings. The van der Waals surface area contributed by atoms with Gasteiger partial charge in [0.15, 0.2) is 5.58 Å². The predicted octanol–water partition coefficient (Wildman–Crippen LogP) is 3.15. The first-order valence-electron chi connectivity index (χ1n) is 5.02. The normalized spacial score (nSPS) is 15.2. The van der Waals surface area contributed by atoms with Crippen LogP contribution in [0, 0.1) is 0 Å². The Morgan fingerprint density at radius 3 is 2.81 bits per heavy atom. The van der Waals surface area contributed by atoms with Crippen LogP contribution in [-0.4, -0.2) is 18.3 Å². The molecule has 0 amide bonds. The lowest BCUT2D eigenvalue weighted by molar-refractivity contribution is -0.0114. The summed E-state index contributed by atoms with van der Waals surface area (Å²) in [6.07, 6.45) is -1.10. The summed E-state index contributed by atoms with van der Waals surface area (Å²) in [5.41, 5.74) is 0.599. The van der Waals surface area contributed by atoms with Crippen LogP contribution in [0.25, 0.3) is 11.0 Å². The van der Waals surface area contributed by atoms with Crippen molar-refractivity contribution < 1.29 is 14.3 Å². The summed E-state index contributed by atoms with van der Waals surface area (Å²) in [6.45, 7) is 1.78. The molecule has 0 aliphatic rings. The van der Waals surface area contributed by atoms with E-state index in [9.17, 15) is 5.11 Å². The summed E-state index contributed by atoms with van der Waals surface area (Å²) in [4.78, 5) is 0. The van der Waals surface area contributed by atoms with E-state index in [4.69, 9.17) is 20.8 Å². The van der Waals surface area contributed by atoms with Crippen molar-refractivity contribution in [2.24, 2.45) is 0 Å². The second-order valence-corrected chi connectivity index (χ2v) is 4.10. The van der Waals surface area contributed by atoms with Gasteiger partial charge in [0, 0.05) is 12.5 Å². The molecular formula is C12H13ClO3. The van der Waals surface area contributed by atoms with Gasteiger partial charge in [-0.3, -0.25) is 0 Å². The summed E-state index contributed by atoms with van der Waals surface area (Å²) < 4.78 is 10.6. The number of hydrogen-bond donors (Lipinski definition) is 1. The molecule has 0 aliphatic carbocycles. The third-order valence-electron chi connectivity index (χ3n) is 2.62. The van der Waals surface area contributed by atoms with Crippen molar-refractivity contribution in [3.63, 3.8) is 0 Å². The van der Waals surface area contributed by atoms with Crippen LogP contribution in [0.4, 0.5) is 0 Å². The second-order valence-electron chi connectivity index (χ2n) is 3.69. The first kappa shape index (κ1) is 11.5. The molecule has 0 radical (unpaired) electrons. The van der Waals surface area contributed by atoms with E-state index in [1.165, 1.54) is 0 Å². The molecule has 4 heteroatoms. The van der Waals surface area contributed by atoms with Gasteiger partial charge in [-0.2, -0.15) is 0 Å². The molecule has 0 saturated carbocycles. The molecule has 2 aromatic rings. The Morgan fingerprint density at radius 1 is 1.44 bits per heavy atom. The highest BCUT2D eigenvalue weighted by molar-refractivity contribution is 6.34. The molecule has 3 nitrogen and oxygen atoms in total. The number of methoxy groups -OCH3 is 1. The van der Waals surface area contributed by atoms with Gasteiger partial charge in [0.25, 0.3) is 0 Å². The Balaban J connectivity index is 2.43. The zero-order valence-corrected chi connectivity index (χ0v) is 9.86. The molecule has 16 heavy (non-hydrogen) atoms. The molecule has 86 valence electrons. The third-order valence-corrected chi connectivity index (χ3v) is 2.92. The standard InChI is InChI=1S/C12H13ClO3/c1-7(15-2)11(14)10-6-8-4-3-5-9(13)12(8)16-10/h3-7,11,14H,1-2H3. The minimum atomic E-state index is -0.784. The number of hydrogen-bond acceptors (Lipinski definition) is 3. The van der Waals surface area contributed by atoms with Gasteiger partial charge < -0.3 is 14.3 Å². The van der Waals surface area contributed by atoms with Crippen LogP contribution in [0.1, 0.15) is 18.8 Å². The number of rotatable bonds is 3. The van der Waals surface area contributed by atoms with Gasteiger partial charge in [-0.15, -0.1) is 0 Å². The van der Waals surface area contributed by atoms with Gasteiger partial charge in [0.2, 0.25) is 0 Å². The van der Waals surface area contributed by atoms with Crippen molar-refractivity contribution in [2.75, 3.05) is 7.11 Å². The second kappa shape index (κ2) is 4.45. The van der Waals surface area contributed by atoms with Crippen molar-refractivity contribution in [3.05, 3.63) is 35.0 Å². The maximum Gasteiger partial charge on any atom is 0.152 e. The van der Waals surface area contributed by atoms with Crippen LogP contribution in [0.3, 0.4) is 0 Å². The molecule has 1 aromatic heterocycles. The number of benzene rings is 1. The number of furan rings is 1. The van der Waals surface area contributed by atoms with Crippen LogP contribution >= 0.6 is 11.6 Å². The number of fused-ring (bicyclic) bond motifs is 1. The molecular weight excluding hydrogens is 228 g/mol. The number of ether oxygens (including phenoxy) is 1. The zero-order valence-electron chi connectivity index (χ0n) is 9.11. The van der Waals surface area contributed by atoms with Gasteiger partial charge in [-0.05, 0) is 19.1 Å². The number of para-hydroxylation sites is 1. The molecule has 0 saturated heterocycles. The Bertz CT molecular complexity index is 492. The van der Waals surface area contributed by atoms with Gasteiger partial charge in [-0.25, -0.2) is 0 Å². The maximum atomic E-state index is 9.92. The summed E-state index contributed by atoms with van der Waals surface area (Å²) >= 11 is 5.98. The van der Waals surface area contributed by atoms with Gasteiger partial charge >= 0.3 is 0 Å². The molecule has 0 spiro atoms. The fourth-order valence-corrected chi connectivity index (χ4v) is 1.77. The molecule has 1 N–H and O–H groups in total. The quantitative estimate of drug-likeness (QED) is 0.896. The predicted molar refractivity (Wildman–Crippen MR) is 62.7 cm³/mol. The first-order valence-corrected chi connectivity index (χ1v) is 5.40. The molecule has 2 unspecified atom stereocenters.